The van der Waals surface area contributed by atoms with E-state index in [-0.39, 0.29) is 5.91 Å². The van der Waals surface area contributed by atoms with E-state index in [1.54, 1.807) is 4.68 Å². The number of hydrogen-bond donors (Lipinski definition) is 2. The summed E-state index contributed by atoms with van der Waals surface area (Å²) in [6.45, 7) is 0.311. The smallest absolute Gasteiger partial charge is 0.234 e. The van der Waals surface area contributed by atoms with Crippen LogP contribution in [-0.4, -0.2) is 26.4 Å². The van der Waals surface area contributed by atoms with E-state index in [1.165, 1.54) is 11.8 Å². The lowest BCUT2D eigenvalue weighted by molar-refractivity contribution is -0.113. The molecule has 1 amide bonds. The number of nitrogens with one attached hydrogen (secondary N) is 1. The van der Waals surface area contributed by atoms with Crippen LogP contribution in [0.4, 0.5) is 5.69 Å². The van der Waals surface area contributed by atoms with Gasteiger partial charge in [-0.3, -0.25) is 4.79 Å². The van der Waals surface area contributed by atoms with E-state index in [2.05, 4.69) is 15.4 Å². The number of amides is 1. The van der Waals surface area contributed by atoms with Gasteiger partial charge in [-0.15, -0.1) is 11.8 Å². The highest BCUT2D eigenvalue weighted by molar-refractivity contribution is 8.00. The normalized spacial score (nSPS) is 14.1. The van der Waals surface area contributed by atoms with E-state index in [0.717, 1.165) is 22.0 Å². The molecule has 7 heteroatoms. The molecule has 1 aromatic carbocycles. The van der Waals surface area contributed by atoms with Gasteiger partial charge in [-0.2, -0.15) is 5.10 Å². The quantitative estimate of drug-likeness (QED) is 0.853. The third kappa shape index (κ3) is 2.22. The highest BCUT2D eigenvalue weighted by Crippen LogP contribution is 2.34. The third-order valence-corrected chi connectivity index (χ3v) is 3.93. The minimum atomic E-state index is 0.0234. The second-order valence-electron chi connectivity index (χ2n) is 4.23. The molecule has 0 saturated carbocycles. The predicted molar refractivity (Wildman–Crippen MR) is 73.7 cm³/mol. The van der Waals surface area contributed by atoms with Gasteiger partial charge in [0.05, 0.1) is 18.0 Å². The maximum absolute atomic E-state index is 11.4. The van der Waals surface area contributed by atoms with Gasteiger partial charge < -0.3 is 11.1 Å². The van der Waals surface area contributed by atoms with Gasteiger partial charge >= 0.3 is 0 Å². The summed E-state index contributed by atoms with van der Waals surface area (Å²) in [7, 11) is 1.83. The van der Waals surface area contributed by atoms with Crippen LogP contribution in [0, 0.1) is 0 Å². The average molecular weight is 275 g/mol. The number of aromatic nitrogens is 3. The minimum absolute atomic E-state index is 0.0234. The Morgan fingerprint density at radius 2 is 2.37 bits per heavy atom. The van der Waals surface area contributed by atoms with Crippen LogP contribution in [0.1, 0.15) is 5.82 Å². The number of nitrogens with zero attached hydrogens (tertiary/aromatic N) is 3. The van der Waals surface area contributed by atoms with Crippen molar-refractivity contribution in [1.82, 2.24) is 14.8 Å². The fraction of sp³-hybridized carbons (Fsp3) is 0.250. The van der Waals surface area contributed by atoms with E-state index >= 15 is 0 Å². The van der Waals surface area contributed by atoms with Crippen LogP contribution in [0.15, 0.2) is 23.1 Å². The Kier molecular flexibility index (Phi) is 3.00. The summed E-state index contributed by atoms with van der Waals surface area (Å²) in [5.41, 5.74) is 7.28. The van der Waals surface area contributed by atoms with Gasteiger partial charge in [-0.25, -0.2) is 9.67 Å². The van der Waals surface area contributed by atoms with Crippen LogP contribution in [0.2, 0.25) is 0 Å². The number of thioether (sulfide) groups is 1. The second-order valence-corrected chi connectivity index (χ2v) is 5.24. The molecule has 3 N–H and O–H groups in total. The summed E-state index contributed by atoms with van der Waals surface area (Å²) in [5, 5.41) is 7.09. The first-order valence-corrected chi connectivity index (χ1v) is 6.83. The molecule has 0 saturated heterocycles. The molecule has 1 aromatic heterocycles. The first-order valence-electron chi connectivity index (χ1n) is 5.84. The van der Waals surface area contributed by atoms with Crippen LogP contribution in [0.25, 0.3) is 11.4 Å². The number of hydrogen-bond acceptors (Lipinski definition) is 5. The molecule has 3 rings (SSSR count). The van der Waals surface area contributed by atoms with E-state index in [1.807, 2.05) is 25.2 Å². The summed E-state index contributed by atoms with van der Waals surface area (Å²) in [4.78, 5) is 16.9. The molecule has 0 aliphatic carbocycles. The lowest BCUT2D eigenvalue weighted by Gasteiger charge is -2.16. The molecule has 0 bridgehead atoms. The van der Waals surface area contributed by atoms with Crippen molar-refractivity contribution in [1.29, 1.82) is 0 Å². The van der Waals surface area contributed by atoms with Crippen molar-refractivity contribution in [3.05, 3.63) is 24.0 Å². The number of carbonyl (C=O) groups is 1. The van der Waals surface area contributed by atoms with Crippen molar-refractivity contribution in [3.63, 3.8) is 0 Å². The van der Waals surface area contributed by atoms with Crippen LogP contribution in [0.3, 0.4) is 0 Å². The first-order chi connectivity index (χ1) is 9.17. The molecular formula is C12H13N5OS. The van der Waals surface area contributed by atoms with Gasteiger partial charge in [-0.05, 0) is 18.2 Å². The number of anilines is 1. The Hall–Kier alpha value is -1.86. The molecule has 19 heavy (non-hydrogen) atoms. The number of rotatable bonds is 2. The number of aryl methyl sites for hydroxylation is 1. The standard InChI is InChI=1S/C12H13N5OS/c1-17-12(15-10(5-13)16-17)7-2-3-9-8(4-7)14-11(18)6-19-9/h2-4H,5-6,13H2,1H3,(H,14,18). The highest BCUT2D eigenvalue weighted by Gasteiger charge is 2.17. The molecule has 98 valence electrons. The van der Waals surface area contributed by atoms with Gasteiger partial charge in [0.2, 0.25) is 5.91 Å². The molecule has 0 atom stereocenters. The van der Waals surface area contributed by atoms with Gasteiger partial charge in [-0.1, -0.05) is 0 Å². The summed E-state index contributed by atoms with van der Waals surface area (Å²) in [6, 6.07) is 5.89. The zero-order chi connectivity index (χ0) is 13.4. The minimum Gasteiger partial charge on any atom is -0.324 e. The average Bonchev–Trinajstić information content (AvgIpc) is 2.79. The molecule has 0 spiro atoms. The van der Waals surface area contributed by atoms with E-state index in [9.17, 15) is 4.79 Å². The molecule has 2 aromatic rings. The summed E-state index contributed by atoms with van der Waals surface area (Å²) >= 11 is 1.54. The van der Waals surface area contributed by atoms with Crippen molar-refractivity contribution in [2.24, 2.45) is 12.8 Å². The maximum atomic E-state index is 11.4. The molecule has 6 nitrogen and oxygen atoms in total. The molecule has 1 aliphatic rings. The lowest BCUT2D eigenvalue weighted by atomic mass is 10.2. The molecule has 0 fully saturated rings. The zero-order valence-corrected chi connectivity index (χ0v) is 11.2. The van der Waals surface area contributed by atoms with Crippen LogP contribution in [0.5, 0.6) is 0 Å². The number of carbonyl (C=O) groups excluding carboxylic acids is 1. The third-order valence-electron chi connectivity index (χ3n) is 2.86. The van der Waals surface area contributed by atoms with Crippen molar-refractivity contribution in [3.8, 4) is 11.4 Å². The number of nitrogens with two attached hydrogens (primary N) is 1. The zero-order valence-electron chi connectivity index (χ0n) is 10.4. The summed E-state index contributed by atoms with van der Waals surface area (Å²) < 4.78 is 1.70. The lowest BCUT2D eigenvalue weighted by Crippen LogP contribution is -2.18. The van der Waals surface area contributed by atoms with Crippen LogP contribution < -0.4 is 11.1 Å². The number of fused-ring (bicyclic) bond motifs is 1. The fourth-order valence-electron chi connectivity index (χ4n) is 2.00. The first kappa shape index (κ1) is 12.2. The molecule has 0 unspecified atom stereocenters. The Morgan fingerprint density at radius 1 is 1.53 bits per heavy atom. The monoisotopic (exact) mass is 275 g/mol. The van der Waals surface area contributed by atoms with E-state index in [0.29, 0.717) is 18.1 Å². The summed E-state index contributed by atoms with van der Waals surface area (Å²) in [5.74, 6) is 1.84. The van der Waals surface area contributed by atoms with E-state index < -0.39 is 0 Å². The van der Waals surface area contributed by atoms with Crippen molar-refractivity contribution < 1.29 is 4.79 Å². The van der Waals surface area contributed by atoms with Crippen LogP contribution >= 0.6 is 11.8 Å². The largest absolute Gasteiger partial charge is 0.324 e. The Bertz CT molecular complexity index is 652. The van der Waals surface area contributed by atoms with Gasteiger partial charge in [0.15, 0.2) is 11.6 Å². The van der Waals surface area contributed by atoms with Crippen molar-refractivity contribution in [2.45, 2.75) is 11.4 Å². The molecule has 0 radical (unpaired) electrons. The van der Waals surface area contributed by atoms with Crippen molar-refractivity contribution in [2.75, 3.05) is 11.1 Å². The highest BCUT2D eigenvalue weighted by atomic mass is 32.2. The summed E-state index contributed by atoms with van der Waals surface area (Å²) in [6.07, 6.45) is 0. The molecule has 2 heterocycles. The Labute approximate surface area is 114 Å². The van der Waals surface area contributed by atoms with Gasteiger partial charge in [0.25, 0.3) is 0 Å². The van der Waals surface area contributed by atoms with Crippen LogP contribution in [-0.2, 0) is 18.4 Å². The Morgan fingerprint density at radius 3 is 3.11 bits per heavy atom. The van der Waals surface area contributed by atoms with Gasteiger partial charge in [0, 0.05) is 17.5 Å². The van der Waals surface area contributed by atoms with Crippen molar-refractivity contribution >= 4 is 23.4 Å². The Balaban J connectivity index is 2.03. The van der Waals surface area contributed by atoms with Gasteiger partial charge in [0.1, 0.15) is 0 Å². The second kappa shape index (κ2) is 4.67. The number of benzene rings is 1. The maximum Gasteiger partial charge on any atom is 0.234 e. The fourth-order valence-corrected chi connectivity index (χ4v) is 2.79. The topological polar surface area (TPSA) is 85.8 Å². The SMILES string of the molecule is Cn1nc(CN)nc1-c1ccc2c(c1)NC(=O)CS2. The molecule has 1 aliphatic heterocycles. The predicted octanol–water partition coefficient (Wildman–Crippen LogP) is 0.985. The molecular weight excluding hydrogens is 262 g/mol. The van der Waals surface area contributed by atoms with E-state index in [4.69, 9.17) is 5.73 Å².